The molecule has 1 aliphatic rings. The summed E-state index contributed by atoms with van der Waals surface area (Å²) in [6, 6.07) is 9.63. The molecule has 0 N–H and O–H groups in total. The van der Waals surface area contributed by atoms with Gasteiger partial charge in [-0.1, -0.05) is 25.1 Å². The predicted octanol–water partition coefficient (Wildman–Crippen LogP) is 3.03. The Labute approximate surface area is 95.9 Å². The lowest BCUT2D eigenvalue weighted by molar-refractivity contribution is -0.123. The van der Waals surface area contributed by atoms with Crippen molar-refractivity contribution in [2.45, 2.75) is 32.1 Å². The van der Waals surface area contributed by atoms with E-state index < -0.39 is 0 Å². The number of rotatable bonds is 1. The Morgan fingerprint density at radius 2 is 2.06 bits per heavy atom. The predicted molar refractivity (Wildman–Crippen MR) is 61.9 cm³/mol. The first-order valence-electron chi connectivity index (χ1n) is 5.74. The van der Waals surface area contributed by atoms with Crippen LogP contribution in [0.2, 0.25) is 0 Å². The van der Waals surface area contributed by atoms with Crippen molar-refractivity contribution in [3.05, 3.63) is 35.4 Å². The molecule has 1 aromatic rings. The molecule has 2 atom stereocenters. The van der Waals surface area contributed by atoms with Gasteiger partial charge in [0.1, 0.15) is 5.78 Å². The van der Waals surface area contributed by atoms with Crippen molar-refractivity contribution in [1.82, 2.24) is 0 Å². The van der Waals surface area contributed by atoms with Crippen LogP contribution in [0.5, 0.6) is 0 Å². The van der Waals surface area contributed by atoms with Gasteiger partial charge in [0.25, 0.3) is 0 Å². The van der Waals surface area contributed by atoms with Gasteiger partial charge >= 0.3 is 0 Å². The van der Waals surface area contributed by atoms with Crippen molar-refractivity contribution in [3.63, 3.8) is 0 Å². The summed E-state index contributed by atoms with van der Waals surface area (Å²) in [7, 11) is 0. The van der Waals surface area contributed by atoms with E-state index in [4.69, 9.17) is 5.26 Å². The van der Waals surface area contributed by atoms with E-state index >= 15 is 0 Å². The Kier molecular flexibility index (Phi) is 3.05. The van der Waals surface area contributed by atoms with Crippen LogP contribution in [0, 0.1) is 17.2 Å². The van der Waals surface area contributed by atoms with Crippen molar-refractivity contribution in [3.8, 4) is 6.07 Å². The number of carbonyl (C=O) groups excluding carboxylic acids is 1. The average Bonchev–Trinajstić information content (AvgIpc) is 2.29. The topological polar surface area (TPSA) is 40.9 Å². The maximum Gasteiger partial charge on any atom is 0.140 e. The van der Waals surface area contributed by atoms with Gasteiger partial charge in [0.2, 0.25) is 0 Å². The van der Waals surface area contributed by atoms with Gasteiger partial charge in [-0.3, -0.25) is 4.79 Å². The number of Topliss-reactive ketones (excluding diaryl/α,β-unsaturated/α-hetero) is 1. The Balaban J connectivity index is 2.31. The van der Waals surface area contributed by atoms with E-state index in [-0.39, 0.29) is 5.92 Å². The van der Waals surface area contributed by atoms with E-state index in [2.05, 4.69) is 13.0 Å². The maximum atomic E-state index is 12.0. The normalized spacial score (nSPS) is 25.1. The van der Waals surface area contributed by atoms with Crippen LogP contribution in [0.15, 0.2) is 24.3 Å². The minimum atomic E-state index is -0.0490. The molecule has 0 bridgehead atoms. The van der Waals surface area contributed by atoms with Crippen molar-refractivity contribution in [2.24, 2.45) is 5.92 Å². The maximum absolute atomic E-state index is 12.0. The van der Waals surface area contributed by atoms with Gasteiger partial charge in [-0.15, -0.1) is 0 Å². The van der Waals surface area contributed by atoms with Crippen molar-refractivity contribution < 1.29 is 4.79 Å². The first kappa shape index (κ1) is 10.9. The summed E-state index contributed by atoms with van der Waals surface area (Å²) >= 11 is 0. The minimum absolute atomic E-state index is 0.0490. The Morgan fingerprint density at radius 3 is 2.75 bits per heavy atom. The Hall–Kier alpha value is -1.62. The molecular formula is C14H15NO. The molecule has 0 spiro atoms. The molecule has 1 aromatic carbocycles. The van der Waals surface area contributed by atoms with Crippen LogP contribution in [-0.2, 0) is 4.79 Å². The molecular weight excluding hydrogens is 198 g/mol. The van der Waals surface area contributed by atoms with Crippen LogP contribution in [-0.4, -0.2) is 5.78 Å². The third kappa shape index (κ3) is 1.99. The number of nitriles is 1. The zero-order valence-electron chi connectivity index (χ0n) is 9.44. The third-order valence-corrected chi connectivity index (χ3v) is 3.34. The third-order valence-electron chi connectivity index (χ3n) is 3.34. The minimum Gasteiger partial charge on any atom is -0.299 e. The molecule has 0 saturated heterocycles. The summed E-state index contributed by atoms with van der Waals surface area (Å²) in [5.74, 6) is 0.742. The lowest BCUT2D eigenvalue weighted by Gasteiger charge is -2.25. The number of hydrogen-bond donors (Lipinski definition) is 0. The molecule has 16 heavy (non-hydrogen) atoms. The molecule has 1 saturated carbocycles. The van der Waals surface area contributed by atoms with Crippen LogP contribution in [0.4, 0.5) is 0 Å². The van der Waals surface area contributed by atoms with Crippen molar-refractivity contribution in [2.75, 3.05) is 0 Å². The van der Waals surface area contributed by atoms with Gasteiger partial charge < -0.3 is 0 Å². The summed E-state index contributed by atoms with van der Waals surface area (Å²) in [5.41, 5.74) is 1.57. The largest absolute Gasteiger partial charge is 0.299 e. The lowest BCUT2D eigenvalue weighted by atomic mass is 9.77. The Bertz CT molecular complexity index is 444. The van der Waals surface area contributed by atoms with E-state index in [0.717, 1.165) is 18.4 Å². The molecule has 0 unspecified atom stereocenters. The molecule has 0 amide bonds. The summed E-state index contributed by atoms with van der Waals surface area (Å²) in [6.45, 7) is 2.12. The van der Waals surface area contributed by atoms with Crippen LogP contribution < -0.4 is 0 Å². The van der Waals surface area contributed by atoms with E-state index in [9.17, 15) is 4.79 Å². The average molecular weight is 213 g/mol. The molecule has 0 aromatic heterocycles. The molecule has 2 heteroatoms. The number of benzene rings is 1. The molecule has 0 radical (unpaired) electrons. The van der Waals surface area contributed by atoms with Gasteiger partial charge in [0.05, 0.1) is 11.6 Å². The quantitative estimate of drug-likeness (QED) is 0.719. The second-order valence-electron chi connectivity index (χ2n) is 4.60. The fourth-order valence-corrected chi connectivity index (χ4v) is 2.43. The molecule has 0 heterocycles. The molecule has 2 nitrogen and oxygen atoms in total. The van der Waals surface area contributed by atoms with Gasteiger partial charge in [-0.2, -0.15) is 5.26 Å². The van der Waals surface area contributed by atoms with E-state index in [1.165, 1.54) is 0 Å². The summed E-state index contributed by atoms with van der Waals surface area (Å²) < 4.78 is 0. The number of ketones is 1. The summed E-state index contributed by atoms with van der Waals surface area (Å²) in [5, 5.41) is 9.03. The summed E-state index contributed by atoms with van der Waals surface area (Å²) in [4.78, 5) is 12.0. The standard InChI is InChI=1S/C14H15NO/c1-10-6-7-13(14(16)8-10)12-5-3-2-4-11(12)9-15/h2-5,10,13H,6-8H2,1H3/t10-,13+/m0/s1. The number of carbonyl (C=O) groups is 1. The first-order chi connectivity index (χ1) is 7.72. The van der Waals surface area contributed by atoms with Crippen molar-refractivity contribution >= 4 is 5.78 Å². The van der Waals surface area contributed by atoms with E-state index in [0.29, 0.717) is 23.7 Å². The zero-order chi connectivity index (χ0) is 11.5. The first-order valence-corrected chi connectivity index (χ1v) is 5.74. The van der Waals surface area contributed by atoms with Crippen LogP contribution >= 0.6 is 0 Å². The Morgan fingerprint density at radius 1 is 1.31 bits per heavy atom. The van der Waals surface area contributed by atoms with E-state index in [1.54, 1.807) is 6.07 Å². The highest BCUT2D eigenvalue weighted by atomic mass is 16.1. The van der Waals surface area contributed by atoms with Gasteiger partial charge in [0.15, 0.2) is 0 Å². The van der Waals surface area contributed by atoms with Crippen molar-refractivity contribution in [1.29, 1.82) is 5.26 Å². The second-order valence-corrected chi connectivity index (χ2v) is 4.60. The fraction of sp³-hybridized carbons (Fsp3) is 0.429. The second kappa shape index (κ2) is 4.49. The highest BCUT2D eigenvalue weighted by Gasteiger charge is 2.28. The van der Waals surface area contributed by atoms with E-state index in [1.807, 2.05) is 18.2 Å². The van der Waals surface area contributed by atoms with Crippen LogP contribution in [0.25, 0.3) is 0 Å². The monoisotopic (exact) mass is 213 g/mol. The SMILES string of the molecule is C[C@H]1CC[C@H](c2ccccc2C#N)C(=O)C1. The summed E-state index contributed by atoms with van der Waals surface area (Å²) in [6.07, 6.45) is 2.62. The molecule has 2 rings (SSSR count). The molecule has 0 aliphatic heterocycles. The fourth-order valence-electron chi connectivity index (χ4n) is 2.43. The van der Waals surface area contributed by atoms with Gasteiger partial charge in [0, 0.05) is 12.3 Å². The van der Waals surface area contributed by atoms with Gasteiger partial charge in [-0.05, 0) is 30.4 Å². The number of nitrogens with zero attached hydrogens (tertiary/aromatic N) is 1. The molecule has 1 fully saturated rings. The lowest BCUT2D eigenvalue weighted by Crippen LogP contribution is -2.22. The van der Waals surface area contributed by atoms with Crippen LogP contribution in [0.1, 0.15) is 43.2 Å². The molecule has 82 valence electrons. The highest BCUT2D eigenvalue weighted by Crippen LogP contribution is 2.34. The van der Waals surface area contributed by atoms with Gasteiger partial charge in [-0.25, -0.2) is 0 Å². The van der Waals surface area contributed by atoms with Crippen LogP contribution in [0.3, 0.4) is 0 Å². The number of hydrogen-bond acceptors (Lipinski definition) is 2. The highest BCUT2D eigenvalue weighted by molar-refractivity contribution is 5.87. The smallest absolute Gasteiger partial charge is 0.140 e. The molecule has 1 aliphatic carbocycles. The zero-order valence-corrected chi connectivity index (χ0v) is 9.44.